The lowest BCUT2D eigenvalue weighted by Gasteiger charge is -2.26. The molecule has 4 rings (SSSR count). The van der Waals surface area contributed by atoms with Crippen LogP contribution >= 0.6 is 0 Å². The summed E-state index contributed by atoms with van der Waals surface area (Å²) in [5.41, 5.74) is 3.19. The molecular weight excluding hydrogens is 328 g/mol. The van der Waals surface area contributed by atoms with Gasteiger partial charge in [-0.1, -0.05) is 0 Å². The van der Waals surface area contributed by atoms with Gasteiger partial charge in [0, 0.05) is 49.7 Å². The zero-order valence-corrected chi connectivity index (χ0v) is 15.0. The molecule has 2 aliphatic heterocycles. The molecule has 7 nitrogen and oxygen atoms in total. The largest absolute Gasteiger partial charge is 0.356 e. The number of carbonyl (C=O) groups excluding carboxylic acids is 1. The summed E-state index contributed by atoms with van der Waals surface area (Å²) in [6.45, 7) is 5.89. The van der Waals surface area contributed by atoms with Gasteiger partial charge in [0.05, 0.1) is 11.6 Å². The molecule has 4 heterocycles. The second-order valence-corrected chi connectivity index (χ2v) is 6.79. The Bertz CT molecular complexity index is 794. The van der Waals surface area contributed by atoms with Gasteiger partial charge >= 0.3 is 0 Å². The highest BCUT2D eigenvalue weighted by Crippen LogP contribution is 2.30. The minimum atomic E-state index is 0.0316. The van der Waals surface area contributed by atoms with Gasteiger partial charge in [0.25, 0.3) is 0 Å². The van der Waals surface area contributed by atoms with Crippen molar-refractivity contribution in [3.05, 3.63) is 35.8 Å². The molecule has 1 unspecified atom stereocenters. The molecule has 0 bridgehead atoms. The molecule has 2 N–H and O–H groups in total. The summed E-state index contributed by atoms with van der Waals surface area (Å²) in [6.07, 6.45) is 5.33. The molecule has 0 saturated carbocycles. The molecule has 1 fully saturated rings. The number of nitrogens with zero attached hydrogens (tertiary/aromatic N) is 4. The number of amides is 1. The van der Waals surface area contributed by atoms with Crippen molar-refractivity contribution in [3.63, 3.8) is 0 Å². The third-order valence-electron chi connectivity index (χ3n) is 5.04. The Labute approximate surface area is 153 Å². The fourth-order valence-corrected chi connectivity index (χ4v) is 3.71. The third kappa shape index (κ3) is 3.26. The van der Waals surface area contributed by atoms with Crippen LogP contribution in [0.25, 0.3) is 11.4 Å². The van der Waals surface area contributed by atoms with Gasteiger partial charge in [-0.2, -0.15) is 0 Å². The molecule has 0 aliphatic carbocycles. The lowest BCUT2D eigenvalue weighted by Crippen LogP contribution is -2.34. The van der Waals surface area contributed by atoms with Crippen LogP contribution in [0.5, 0.6) is 0 Å². The first-order chi connectivity index (χ1) is 12.8. The first-order valence-electron chi connectivity index (χ1n) is 9.30. The highest BCUT2D eigenvalue weighted by atomic mass is 16.1. The fourth-order valence-electron chi connectivity index (χ4n) is 3.71. The van der Waals surface area contributed by atoms with E-state index in [2.05, 4.69) is 20.5 Å². The molecule has 2 aromatic heterocycles. The van der Waals surface area contributed by atoms with Crippen molar-refractivity contribution in [3.8, 4) is 11.4 Å². The summed E-state index contributed by atoms with van der Waals surface area (Å²) in [7, 11) is 0. The van der Waals surface area contributed by atoms with Gasteiger partial charge < -0.3 is 15.5 Å². The second-order valence-electron chi connectivity index (χ2n) is 6.79. The maximum atomic E-state index is 12.2. The zero-order chi connectivity index (χ0) is 17.9. The highest BCUT2D eigenvalue weighted by Gasteiger charge is 2.31. The van der Waals surface area contributed by atoms with E-state index in [4.69, 9.17) is 9.97 Å². The molecular formula is C19H24N6O. The Morgan fingerprint density at radius 2 is 2.35 bits per heavy atom. The van der Waals surface area contributed by atoms with Crippen LogP contribution in [-0.4, -0.2) is 47.0 Å². The molecule has 2 aromatic rings. The minimum Gasteiger partial charge on any atom is -0.356 e. The number of anilines is 1. The molecule has 1 amide bonds. The standard InChI is InChI=1S/C19H24N6O/c1-2-22-19(26)14-6-9-25(12-14)18-15-5-8-21-11-16(15)23-17(24-18)13-4-3-7-20-10-13/h3-4,7,10,14,21H,2,5-6,8-9,11-12H2,1H3,(H,22,26). The van der Waals surface area contributed by atoms with E-state index in [0.717, 1.165) is 56.1 Å². The predicted octanol–water partition coefficient (Wildman–Crippen LogP) is 1.15. The van der Waals surface area contributed by atoms with Crippen LogP contribution in [0.3, 0.4) is 0 Å². The Kier molecular flexibility index (Phi) is 4.79. The molecule has 1 saturated heterocycles. The van der Waals surface area contributed by atoms with Gasteiger partial charge in [0.2, 0.25) is 5.91 Å². The number of hydrogen-bond acceptors (Lipinski definition) is 6. The normalized spacial score (nSPS) is 19.3. The van der Waals surface area contributed by atoms with E-state index in [-0.39, 0.29) is 11.8 Å². The van der Waals surface area contributed by atoms with E-state index >= 15 is 0 Å². The monoisotopic (exact) mass is 352 g/mol. The molecule has 136 valence electrons. The quantitative estimate of drug-likeness (QED) is 0.859. The van der Waals surface area contributed by atoms with Crippen molar-refractivity contribution >= 4 is 11.7 Å². The van der Waals surface area contributed by atoms with Gasteiger partial charge in [-0.3, -0.25) is 9.78 Å². The van der Waals surface area contributed by atoms with E-state index in [1.807, 2.05) is 19.1 Å². The van der Waals surface area contributed by atoms with Crippen molar-refractivity contribution < 1.29 is 4.79 Å². The van der Waals surface area contributed by atoms with Gasteiger partial charge in [-0.15, -0.1) is 0 Å². The second kappa shape index (κ2) is 7.37. The van der Waals surface area contributed by atoms with E-state index < -0.39 is 0 Å². The van der Waals surface area contributed by atoms with Crippen molar-refractivity contribution in [2.45, 2.75) is 26.3 Å². The van der Waals surface area contributed by atoms with Crippen LogP contribution in [0.15, 0.2) is 24.5 Å². The molecule has 2 aliphatic rings. The number of fused-ring (bicyclic) bond motifs is 1. The maximum Gasteiger partial charge on any atom is 0.224 e. The Hall–Kier alpha value is -2.54. The van der Waals surface area contributed by atoms with E-state index in [1.54, 1.807) is 12.4 Å². The van der Waals surface area contributed by atoms with Crippen molar-refractivity contribution in [2.75, 3.05) is 31.1 Å². The number of nitrogens with one attached hydrogen (secondary N) is 2. The van der Waals surface area contributed by atoms with Crippen LogP contribution in [0, 0.1) is 5.92 Å². The Morgan fingerprint density at radius 3 is 3.15 bits per heavy atom. The Balaban J connectivity index is 1.68. The smallest absolute Gasteiger partial charge is 0.224 e. The van der Waals surface area contributed by atoms with E-state index in [1.165, 1.54) is 5.56 Å². The average molecular weight is 352 g/mol. The van der Waals surface area contributed by atoms with Crippen LogP contribution < -0.4 is 15.5 Å². The number of carbonyl (C=O) groups is 1. The summed E-state index contributed by atoms with van der Waals surface area (Å²) < 4.78 is 0. The number of rotatable bonds is 4. The Morgan fingerprint density at radius 1 is 1.42 bits per heavy atom. The SMILES string of the molecule is CCNC(=O)C1CCN(c2nc(-c3cccnc3)nc3c2CCNC3)C1. The average Bonchev–Trinajstić information content (AvgIpc) is 3.18. The topological polar surface area (TPSA) is 83.0 Å². The maximum absolute atomic E-state index is 12.2. The number of hydrogen-bond donors (Lipinski definition) is 2. The van der Waals surface area contributed by atoms with E-state index in [0.29, 0.717) is 12.4 Å². The summed E-state index contributed by atoms with van der Waals surface area (Å²) in [5, 5.41) is 6.34. The predicted molar refractivity (Wildman–Crippen MR) is 99.7 cm³/mol. The highest BCUT2D eigenvalue weighted by molar-refractivity contribution is 5.80. The van der Waals surface area contributed by atoms with Crippen LogP contribution in [-0.2, 0) is 17.8 Å². The minimum absolute atomic E-state index is 0.0316. The lowest BCUT2D eigenvalue weighted by atomic mass is 10.1. The number of aromatic nitrogens is 3. The summed E-state index contributed by atoms with van der Waals surface area (Å²) in [5.74, 6) is 1.87. The molecule has 7 heteroatoms. The third-order valence-corrected chi connectivity index (χ3v) is 5.04. The summed E-state index contributed by atoms with van der Waals surface area (Å²) >= 11 is 0. The zero-order valence-electron chi connectivity index (χ0n) is 15.0. The summed E-state index contributed by atoms with van der Waals surface area (Å²) in [4.78, 5) is 28.3. The van der Waals surface area contributed by atoms with Gasteiger partial charge in [-0.05, 0) is 38.4 Å². The van der Waals surface area contributed by atoms with Gasteiger partial charge in [-0.25, -0.2) is 9.97 Å². The van der Waals surface area contributed by atoms with Crippen LogP contribution in [0.4, 0.5) is 5.82 Å². The van der Waals surface area contributed by atoms with Crippen LogP contribution in [0.1, 0.15) is 24.6 Å². The van der Waals surface area contributed by atoms with E-state index in [9.17, 15) is 4.79 Å². The van der Waals surface area contributed by atoms with Gasteiger partial charge in [0.1, 0.15) is 5.82 Å². The fraction of sp³-hybridized carbons (Fsp3) is 0.474. The first kappa shape index (κ1) is 16.9. The molecule has 0 radical (unpaired) electrons. The van der Waals surface area contributed by atoms with Crippen molar-refractivity contribution in [2.24, 2.45) is 5.92 Å². The molecule has 26 heavy (non-hydrogen) atoms. The number of pyridine rings is 1. The van der Waals surface area contributed by atoms with Gasteiger partial charge in [0.15, 0.2) is 5.82 Å². The first-order valence-corrected chi connectivity index (χ1v) is 9.30. The summed E-state index contributed by atoms with van der Waals surface area (Å²) in [6, 6.07) is 3.88. The molecule has 0 spiro atoms. The lowest BCUT2D eigenvalue weighted by molar-refractivity contribution is -0.124. The molecule has 0 aromatic carbocycles. The van der Waals surface area contributed by atoms with Crippen LogP contribution in [0.2, 0.25) is 0 Å². The van der Waals surface area contributed by atoms with Crippen molar-refractivity contribution in [1.82, 2.24) is 25.6 Å². The van der Waals surface area contributed by atoms with Crippen molar-refractivity contribution in [1.29, 1.82) is 0 Å². The molecule has 1 atom stereocenters.